The highest BCUT2D eigenvalue weighted by atomic mass is 35.5. The van der Waals surface area contributed by atoms with E-state index < -0.39 is 5.38 Å². The number of carbonyl (C=O) groups is 2. The molecular weight excluding hydrogens is 292 g/mol. The van der Waals surface area contributed by atoms with Crippen LogP contribution in [0.1, 0.15) is 30.1 Å². The Kier molecular flexibility index (Phi) is 5.07. The van der Waals surface area contributed by atoms with Crippen LogP contribution < -0.4 is 5.32 Å². The van der Waals surface area contributed by atoms with E-state index in [9.17, 15) is 14.7 Å². The number of amides is 2. The van der Waals surface area contributed by atoms with Crippen LogP contribution in [0.4, 0.5) is 0 Å². The average Bonchev–Trinajstić information content (AvgIpc) is 2.47. The number of nitrogens with one attached hydrogen (secondary N) is 1. The van der Waals surface area contributed by atoms with E-state index in [-0.39, 0.29) is 23.6 Å². The van der Waals surface area contributed by atoms with Gasteiger partial charge >= 0.3 is 0 Å². The summed E-state index contributed by atoms with van der Waals surface area (Å²) in [6.07, 6.45) is 1.42. The first kappa shape index (κ1) is 15.6. The van der Waals surface area contributed by atoms with Crippen molar-refractivity contribution in [1.29, 1.82) is 0 Å². The van der Waals surface area contributed by atoms with E-state index in [1.165, 1.54) is 12.1 Å². The fourth-order valence-corrected chi connectivity index (χ4v) is 2.55. The highest BCUT2D eigenvalue weighted by molar-refractivity contribution is 6.30. The van der Waals surface area contributed by atoms with Crippen molar-refractivity contribution < 1.29 is 14.7 Å². The Morgan fingerprint density at radius 1 is 1.38 bits per heavy atom. The largest absolute Gasteiger partial charge is 0.508 e. The minimum absolute atomic E-state index is 0.0366. The van der Waals surface area contributed by atoms with Crippen molar-refractivity contribution in [2.75, 3.05) is 13.1 Å². The molecule has 1 aliphatic rings. The van der Waals surface area contributed by atoms with Gasteiger partial charge < -0.3 is 15.3 Å². The van der Waals surface area contributed by atoms with E-state index in [0.717, 1.165) is 0 Å². The first-order valence-corrected chi connectivity index (χ1v) is 7.44. The number of phenols is 1. The van der Waals surface area contributed by atoms with E-state index in [1.807, 2.05) is 0 Å². The molecule has 6 heteroatoms. The van der Waals surface area contributed by atoms with Crippen molar-refractivity contribution in [3.63, 3.8) is 0 Å². The number of hydrogen-bond donors (Lipinski definition) is 2. The van der Waals surface area contributed by atoms with Crippen molar-refractivity contribution in [3.8, 4) is 5.75 Å². The summed E-state index contributed by atoms with van der Waals surface area (Å²) in [6, 6.07) is 6.28. The third kappa shape index (κ3) is 4.11. The Bertz CT molecular complexity index is 525. The summed E-state index contributed by atoms with van der Waals surface area (Å²) in [7, 11) is 0. The van der Waals surface area contributed by atoms with Crippen molar-refractivity contribution in [2.24, 2.45) is 0 Å². The van der Waals surface area contributed by atoms with Gasteiger partial charge in [-0.05, 0) is 38.0 Å². The number of alkyl halides is 1. The molecule has 0 aromatic heterocycles. The van der Waals surface area contributed by atoms with E-state index in [0.29, 0.717) is 31.5 Å². The molecule has 1 unspecified atom stereocenters. The van der Waals surface area contributed by atoms with Crippen LogP contribution in [-0.2, 0) is 4.79 Å². The zero-order chi connectivity index (χ0) is 15.4. The Labute approximate surface area is 128 Å². The van der Waals surface area contributed by atoms with Gasteiger partial charge in [0.1, 0.15) is 11.1 Å². The number of piperidine rings is 1. The van der Waals surface area contributed by atoms with Gasteiger partial charge in [-0.25, -0.2) is 0 Å². The van der Waals surface area contributed by atoms with Crippen LogP contribution in [-0.4, -0.2) is 46.3 Å². The summed E-state index contributed by atoms with van der Waals surface area (Å²) in [5.41, 5.74) is 0.433. The number of halogens is 1. The van der Waals surface area contributed by atoms with Crippen molar-refractivity contribution in [2.45, 2.75) is 31.2 Å². The van der Waals surface area contributed by atoms with Gasteiger partial charge in [-0.3, -0.25) is 9.59 Å². The third-order valence-corrected chi connectivity index (χ3v) is 3.78. The van der Waals surface area contributed by atoms with Crippen LogP contribution in [0.3, 0.4) is 0 Å². The molecule has 0 radical (unpaired) electrons. The second-order valence-electron chi connectivity index (χ2n) is 5.24. The SMILES string of the molecule is CC(Cl)C(=O)N1CCC(NC(=O)c2cccc(O)c2)CC1. The lowest BCUT2D eigenvalue weighted by Gasteiger charge is -2.33. The molecular formula is C15H19ClN2O3. The van der Waals surface area contributed by atoms with Gasteiger partial charge in [0.2, 0.25) is 5.91 Å². The quantitative estimate of drug-likeness (QED) is 0.836. The molecule has 1 aromatic rings. The average molecular weight is 311 g/mol. The minimum atomic E-state index is -0.511. The number of likely N-dealkylation sites (tertiary alicyclic amines) is 1. The Morgan fingerprint density at radius 2 is 2.05 bits per heavy atom. The number of nitrogens with zero attached hydrogens (tertiary/aromatic N) is 1. The zero-order valence-electron chi connectivity index (χ0n) is 11.9. The number of aromatic hydroxyl groups is 1. The zero-order valence-corrected chi connectivity index (χ0v) is 12.6. The van der Waals surface area contributed by atoms with E-state index in [2.05, 4.69) is 5.32 Å². The lowest BCUT2D eigenvalue weighted by molar-refractivity contribution is -0.131. The molecule has 1 saturated heterocycles. The van der Waals surface area contributed by atoms with Crippen molar-refractivity contribution in [1.82, 2.24) is 10.2 Å². The van der Waals surface area contributed by atoms with Gasteiger partial charge in [-0.15, -0.1) is 11.6 Å². The molecule has 0 spiro atoms. The van der Waals surface area contributed by atoms with Crippen LogP contribution in [0.15, 0.2) is 24.3 Å². The monoisotopic (exact) mass is 310 g/mol. The normalized spacial score (nSPS) is 17.3. The Balaban J connectivity index is 1.86. The van der Waals surface area contributed by atoms with Crippen LogP contribution >= 0.6 is 11.6 Å². The van der Waals surface area contributed by atoms with Crippen LogP contribution in [0.25, 0.3) is 0 Å². The van der Waals surface area contributed by atoms with E-state index >= 15 is 0 Å². The van der Waals surface area contributed by atoms with Crippen LogP contribution in [0.5, 0.6) is 5.75 Å². The number of hydrogen-bond acceptors (Lipinski definition) is 3. The molecule has 2 rings (SSSR count). The minimum Gasteiger partial charge on any atom is -0.508 e. The maximum absolute atomic E-state index is 12.1. The van der Waals surface area contributed by atoms with Gasteiger partial charge in [0.15, 0.2) is 0 Å². The van der Waals surface area contributed by atoms with E-state index in [1.54, 1.807) is 24.0 Å². The summed E-state index contributed by atoms with van der Waals surface area (Å²) in [5, 5.41) is 11.8. The Hall–Kier alpha value is -1.75. The lowest BCUT2D eigenvalue weighted by atomic mass is 10.0. The fraction of sp³-hybridized carbons (Fsp3) is 0.467. The lowest BCUT2D eigenvalue weighted by Crippen LogP contribution is -2.48. The molecule has 114 valence electrons. The second kappa shape index (κ2) is 6.80. The standard InChI is InChI=1S/C15H19ClN2O3/c1-10(16)15(21)18-7-5-12(6-8-18)17-14(20)11-3-2-4-13(19)9-11/h2-4,9-10,12,19H,5-8H2,1H3,(H,17,20). The van der Waals surface area contributed by atoms with Gasteiger partial charge in [-0.2, -0.15) is 0 Å². The first-order valence-electron chi connectivity index (χ1n) is 7.00. The fourth-order valence-electron chi connectivity index (χ4n) is 2.41. The third-order valence-electron chi connectivity index (χ3n) is 3.59. The summed E-state index contributed by atoms with van der Waals surface area (Å²) >= 11 is 5.79. The number of rotatable bonds is 3. The predicted molar refractivity (Wildman–Crippen MR) is 80.5 cm³/mol. The van der Waals surface area contributed by atoms with Gasteiger partial charge in [0.25, 0.3) is 5.91 Å². The molecule has 1 fully saturated rings. The number of carbonyl (C=O) groups excluding carboxylic acids is 2. The molecule has 1 aromatic carbocycles. The highest BCUT2D eigenvalue weighted by Gasteiger charge is 2.26. The first-order chi connectivity index (χ1) is 9.97. The molecule has 0 bridgehead atoms. The van der Waals surface area contributed by atoms with Gasteiger partial charge in [0.05, 0.1) is 0 Å². The summed E-state index contributed by atoms with van der Waals surface area (Å²) in [5.74, 6) is -0.199. The predicted octanol–water partition coefficient (Wildman–Crippen LogP) is 1.74. The summed E-state index contributed by atoms with van der Waals surface area (Å²) in [6.45, 7) is 2.86. The summed E-state index contributed by atoms with van der Waals surface area (Å²) in [4.78, 5) is 25.6. The van der Waals surface area contributed by atoms with Crippen LogP contribution in [0.2, 0.25) is 0 Å². The second-order valence-corrected chi connectivity index (χ2v) is 5.89. The maximum atomic E-state index is 12.1. The molecule has 1 atom stereocenters. The molecule has 1 heterocycles. The maximum Gasteiger partial charge on any atom is 0.251 e. The van der Waals surface area contributed by atoms with Gasteiger partial charge in [0, 0.05) is 24.7 Å². The number of phenolic OH excluding ortho intramolecular Hbond substituents is 1. The van der Waals surface area contributed by atoms with Crippen molar-refractivity contribution >= 4 is 23.4 Å². The van der Waals surface area contributed by atoms with Crippen LogP contribution in [0, 0.1) is 0 Å². The van der Waals surface area contributed by atoms with Gasteiger partial charge in [-0.1, -0.05) is 6.07 Å². The molecule has 21 heavy (non-hydrogen) atoms. The molecule has 0 saturated carbocycles. The molecule has 2 N–H and O–H groups in total. The highest BCUT2D eigenvalue weighted by Crippen LogP contribution is 2.15. The Morgan fingerprint density at radius 3 is 2.62 bits per heavy atom. The molecule has 5 nitrogen and oxygen atoms in total. The topological polar surface area (TPSA) is 69.6 Å². The molecule has 0 aliphatic carbocycles. The summed E-state index contributed by atoms with van der Waals surface area (Å²) < 4.78 is 0. The number of benzene rings is 1. The molecule has 1 aliphatic heterocycles. The van der Waals surface area contributed by atoms with E-state index in [4.69, 9.17) is 11.6 Å². The van der Waals surface area contributed by atoms with Crippen molar-refractivity contribution in [3.05, 3.63) is 29.8 Å². The molecule has 2 amide bonds. The smallest absolute Gasteiger partial charge is 0.251 e.